The van der Waals surface area contributed by atoms with Crippen LogP contribution in [0.1, 0.15) is 6.92 Å². The van der Waals surface area contributed by atoms with Crippen molar-refractivity contribution in [2.45, 2.75) is 6.92 Å². The minimum atomic E-state index is -0.339. The first kappa shape index (κ1) is 14.0. The molecule has 1 atom stereocenters. The largest absolute Gasteiger partial charge is 1.00 e. The fraction of sp³-hybridized carbons (Fsp3) is 0.625. The van der Waals surface area contributed by atoms with Gasteiger partial charge in [0.2, 0.25) is 0 Å². The fourth-order valence-electron chi connectivity index (χ4n) is 0.562. The van der Waals surface area contributed by atoms with Crippen molar-refractivity contribution in [2.24, 2.45) is 0 Å². The Balaban J connectivity index is 0. The van der Waals surface area contributed by atoms with Gasteiger partial charge >= 0.3 is 5.97 Å². The van der Waals surface area contributed by atoms with Crippen molar-refractivity contribution in [1.82, 2.24) is 0 Å². The van der Waals surface area contributed by atoms with Crippen molar-refractivity contribution in [3.63, 3.8) is 0 Å². The molecule has 0 aromatic rings. The van der Waals surface area contributed by atoms with Crippen LogP contribution in [-0.4, -0.2) is 32.7 Å². The van der Waals surface area contributed by atoms with Gasteiger partial charge in [0.25, 0.3) is 0 Å². The van der Waals surface area contributed by atoms with Crippen LogP contribution in [0.25, 0.3) is 0 Å². The fourth-order valence-corrected chi connectivity index (χ4v) is 0.562. The Morgan fingerprint density at radius 2 is 2.25 bits per heavy atom. The lowest BCUT2D eigenvalue weighted by Gasteiger charge is -2.10. The van der Waals surface area contributed by atoms with Gasteiger partial charge in [-0.2, -0.15) is 0 Å². The first-order valence-electron chi connectivity index (χ1n) is 3.81. The molecule has 0 heterocycles. The number of ether oxygens (including phenoxy) is 1. The molecule has 1 N–H and O–H groups in total. The molecule has 0 saturated carbocycles. The third kappa shape index (κ3) is 7.57. The summed E-state index contributed by atoms with van der Waals surface area (Å²) in [6.45, 7) is 7.77. The second-order valence-corrected chi connectivity index (χ2v) is 2.43. The molecule has 72 valence electrons. The van der Waals surface area contributed by atoms with Gasteiger partial charge in [-0.15, -0.1) is 0 Å². The number of rotatable bonds is 5. The highest BCUT2D eigenvalue weighted by Gasteiger charge is 1.99. The quantitative estimate of drug-likeness (QED) is 0.360. The first-order chi connectivity index (χ1) is 5.20. The highest BCUT2D eigenvalue weighted by atomic mass is 35.5. The van der Waals surface area contributed by atoms with Crippen molar-refractivity contribution in [2.75, 3.05) is 26.7 Å². The molecule has 12 heavy (non-hydrogen) atoms. The van der Waals surface area contributed by atoms with Gasteiger partial charge in [0.05, 0.1) is 13.6 Å². The van der Waals surface area contributed by atoms with Crippen molar-refractivity contribution >= 4 is 5.97 Å². The van der Waals surface area contributed by atoms with Crippen LogP contribution >= 0.6 is 0 Å². The molecular weight excluding hydrogens is 178 g/mol. The van der Waals surface area contributed by atoms with E-state index < -0.39 is 0 Å². The monoisotopic (exact) mass is 193 g/mol. The predicted molar refractivity (Wildman–Crippen MR) is 43.5 cm³/mol. The zero-order valence-electron chi connectivity index (χ0n) is 7.60. The molecule has 3 nitrogen and oxygen atoms in total. The van der Waals surface area contributed by atoms with Gasteiger partial charge in [-0.3, -0.25) is 0 Å². The summed E-state index contributed by atoms with van der Waals surface area (Å²) in [5.74, 6) is -0.339. The molecule has 1 unspecified atom stereocenters. The highest BCUT2D eigenvalue weighted by Crippen LogP contribution is 1.75. The first-order valence-corrected chi connectivity index (χ1v) is 3.81. The molecule has 0 aliphatic heterocycles. The number of quaternary nitrogens is 1. The van der Waals surface area contributed by atoms with Crippen LogP contribution in [0.3, 0.4) is 0 Å². The average Bonchev–Trinajstić information content (AvgIpc) is 2.04. The highest BCUT2D eigenvalue weighted by molar-refractivity contribution is 5.81. The molecule has 0 bridgehead atoms. The maximum atomic E-state index is 10.5. The van der Waals surface area contributed by atoms with Crippen LogP contribution in [-0.2, 0) is 9.53 Å². The van der Waals surface area contributed by atoms with E-state index in [1.165, 1.54) is 11.0 Å². The zero-order chi connectivity index (χ0) is 8.69. The van der Waals surface area contributed by atoms with Gasteiger partial charge < -0.3 is 22.0 Å². The number of nitrogens with one attached hydrogen (secondary N) is 1. The molecule has 0 rings (SSSR count). The normalized spacial score (nSPS) is 11.2. The summed E-state index contributed by atoms with van der Waals surface area (Å²) < 4.78 is 4.79. The van der Waals surface area contributed by atoms with Crippen molar-refractivity contribution < 1.29 is 26.8 Å². The van der Waals surface area contributed by atoms with E-state index in [-0.39, 0.29) is 18.4 Å². The van der Waals surface area contributed by atoms with Crippen LogP contribution in [0.5, 0.6) is 0 Å². The number of carbonyl (C=O) groups is 1. The standard InChI is InChI=1S/C8H15NO2.ClH/c1-4-8(10)11-7-6-9(3)5-2;/h4H,1,5-7H2,2-3H3;1H. The van der Waals surface area contributed by atoms with Crippen molar-refractivity contribution in [1.29, 1.82) is 0 Å². The lowest BCUT2D eigenvalue weighted by Crippen LogP contribution is -3.09. The molecule has 0 aromatic carbocycles. The Bertz CT molecular complexity index is 139. The zero-order valence-corrected chi connectivity index (χ0v) is 8.36. The Morgan fingerprint density at radius 3 is 2.67 bits per heavy atom. The number of hydrogen-bond donors (Lipinski definition) is 1. The SMILES string of the molecule is C=CC(=O)OCC[NH+](C)CC.[Cl-]. The van der Waals surface area contributed by atoms with E-state index in [4.69, 9.17) is 4.74 Å². The topological polar surface area (TPSA) is 30.7 Å². The second kappa shape index (κ2) is 8.56. The third-order valence-corrected chi connectivity index (χ3v) is 1.54. The average molecular weight is 194 g/mol. The van der Waals surface area contributed by atoms with Gasteiger partial charge in [0, 0.05) is 6.08 Å². The summed E-state index contributed by atoms with van der Waals surface area (Å²) in [6, 6.07) is 0. The minimum absolute atomic E-state index is 0. The van der Waals surface area contributed by atoms with Crippen LogP contribution < -0.4 is 17.3 Å². The predicted octanol–water partition coefficient (Wildman–Crippen LogP) is -3.75. The van der Waals surface area contributed by atoms with Gasteiger partial charge in [0.15, 0.2) is 0 Å². The van der Waals surface area contributed by atoms with Gasteiger partial charge in [-0.1, -0.05) is 6.58 Å². The van der Waals surface area contributed by atoms with Crippen LogP contribution in [0.4, 0.5) is 0 Å². The number of halogens is 1. The van der Waals surface area contributed by atoms with E-state index in [0.717, 1.165) is 13.1 Å². The molecule has 0 aliphatic rings. The van der Waals surface area contributed by atoms with Gasteiger partial charge in [0.1, 0.15) is 13.2 Å². The van der Waals surface area contributed by atoms with E-state index >= 15 is 0 Å². The summed E-state index contributed by atoms with van der Waals surface area (Å²) in [7, 11) is 2.06. The molecular formula is C8H16ClNO2. The third-order valence-electron chi connectivity index (χ3n) is 1.54. The smallest absolute Gasteiger partial charge is 0.330 e. The molecule has 0 amide bonds. The molecule has 0 fully saturated rings. The van der Waals surface area contributed by atoms with Crippen LogP contribution in [0.15, 0.2) is 12.7 Å². The Morgan fingerprint density at radius 1 is 1.67 bits per heavy atom. The lowest BCUT2D eigenvalue weighted by atomic mass is 10.5. The number of carbonyl (C=O) groups excluding carboxylic acids is 1. The second-order valence-electron chi connectivity index (χ2n) is 2.43. The Hall–Kier alpha value is -0.540. The van der Waals surface area contributed by atoms with Crippen molar-refractivity contribution in [3.05, 3.63) is 12.7 Å². The van der Waals surface area contributed by atoms with E-state index in [1.807, 2.05) is 0 Å². The van der Waals surface area contributed by atoms with Gasteiger partial charge in [-0.25, -0.2) is 4.79 Å². The van der Waals surface area contributed by atoms with Crippen LogP contribution in [0.2, 0.25) is 0 Å². The lowest BCUT2D eigenvalue weighted by molar-refractivity contribution is -0.877. The Labute approximate surface area is 79.8 Å². The molecule has 0 saturated heterocycles. The molecule has 0 spiro atoms. The number of hydrogen-bond acceptors (Lipinski definition) is 2. The molecule has 0 aromatic heterocycles. The van der Waals surface area contributed by atoms with E-state index in [2.05, 4.69) is 20.6 Å². The maximum absolute atomic E-state index is 10.5. The summed E-state index contributed by atoms with van der Waals surface area (Å²) >= 11 is 0. The van der Waals surface area contributed by atoms with Crippen molar-refractivity contribution in [3.8, 4) is 0 Å². The summed E-state index contributed by atoms with van der Waals surface area (Å²) in [6.07, 6.45) is 1.18. The Kier molecular flexibility index (Phi) is 9.99. The summed E-state index contributed by atoms with van der Waals surface area (Å²) in [5, 5.41) is 0. The van der Waals surface area contributed by atoms with E-state index in [1.54, 1.807) is 0 Å². The summed E-state index contributed by atoms with van der Waals surface area (Å²) in [4.78, 5) is 11.9. The summed E-state index contributed by atoms with van der Waals surface area (Å²) in [5.41, 5.74) is 0. The molecule has 0 radical (unpaired) electrons. The van der Waals surface area contributed by atoms with Gasteiger partial charge in [-0.05, 0) is 6.92 Å². The molecule has 0 aliphatic carbocycles. The van der Waals surface area contributed by atoms with Crippen LogP contribution in [0, 0.1) is 0 Å². The molecule has 4 heteroatoms. The van der Waals surface area contributed by atoms with E-state index in [9.17, 15) is 4.79 Å². The maximum Gasteiger partial charge on any atom is 0.330 e. The minimum Gasteiger partial charge on any atom is -1.00 e. The number of likely N-dealkylation sites (N-methyl/N-ethyl adjacent to an activating group) is 1. The number of esters is 1. The van der Waals surface area contributed by atoms with E-state index in [0.29, 0.717) is 6.61 Å².